The van der Waals surface area contributed by atoms with E-state index in [1.165, 1.54) is 12.1 Å². The van der Waals surface area contributed by atoms with Crippen LogP contribution in [0.2, 0.25) is 0 Å². The Morgan fingerprint density at radius 1 is 0.957 bits per heavy atom. The molecule has 0 atom stereocenters. The molecule has 0 aliphatic carbocycles. The van der Waals surface area contributed by atoms with Crippen LogP contribution < -0.4 is 5.32 Å². The lowest BCUT2D eigenvalue weighted by Crippen LogP contribution is -2.03. The first kappa shape index (κ1) is 14.6. The Balaban J connectivity index is 2.00. The van der Waals surface area contributed by atoms with Crippen LogP contribution >= 0.6 is 0 Å². The minimum Gasteiger partial charge on any atom is -0.371 e. The fourth-order valence-electron chi connectivity index (χ4n) is 2.15. The molecule has 7 nitrogen and oxygen atoms in total. The number of nitrogens with one attached hydrogen (secondary N) is 1. The lowest BCUT2D eigenvalue weighted by molar-refractivity contribution is -0.384. The van der Waals surface area contributed by atoms with E-state index in [0.717, 1.165) is 5.56 Å². The average Bonchev–Trinajstić information content (AvgIpc) is 2.62. The van der Waals surface area contributed by atoms with Crippen LogP contribution in [0.5, 0.6) is 0 Å². The molecule has 0 fully saturated rings. The van der Waals surface area contributed by atoms with Crippen molar-refractivity contribution in [3.63, 3.8) is 0 Å². The summed E-state index contributed by atoms with van der Waals surface area (Å²) in [5.41, 5.74) is 2.25. The number of nitro groups is 1. The van der Waals surface area contributed by atoms with Crippen LogP contribution in [0.15, 0.2) is 54.6 Å². The fraction of sp³-hybridized carbons (Fsp3) is 0.0625. The van der Waals surface area contributed by atoms with Crippen molar-refractivity contribution in [2.75, 3.05) is 12.4 Å². The van der Waals surface area contributed by atoms with E-state index >= 15 is 0 Å². The molecule has 1 aromatic heterocycles. The Morgan fingerprint density at radius 2 is 1.65 bits per heavy atom. The summed E-state index contributed by atoms with van der Waals surface area (Å²) in [5, 5.41) is 22.1. The van der Waals surface area contributed by atoms with E-state index in [1.807, 2.05) is 30.3 Å². The summed E-state index contributed by atoms with van der Waals surface area (Å²) in [7, 11) is 1.76. The maximum Gasteiger partial charge on any atom is 0.269 e. The van der Waals surface area contributed by atoms with E-state index in [9.17, 15) is 10.1 Å². The third kappa shape index (κ3) is 2.98. The standard InChI is InChI=1S/C16H13N5O2/c1-17-16-14(11-5-3-2-4-6-11)19-20-15(18-16)12-7-9-13(10-8-12)21(22)23/h2-10H,1H3,(H,17,18,20). The number of anilines is 1. The van der Waals surface area contributed by atoms with E-state index in [0.29, 0.717) is 22.9 Å². The van der Waals surface area contributed by atoms with Gasteiger partial charge in [-0.3, -0.25) is 10.1 Å². The highest BCUT2D eigenvalue weighted by atomic mass is 16.6. The van der Waals surface area contributed by atoms with E-state index < -0.39 is 4.92 Å². The van der Waals surface area contributed by atoms with Gasteiger partial charge in [-0.1, -0.05) is 30.3 Å². The predicted octanol–water partition coefficient (Wildman–Crippen LogP) is 3.16. The molecule has 0 unspecified atom stereocenters. The Labute approximate surface area is 132 Å². The third-order valence-corrected chi connectivity index (χ3v) is 3.31. The number of nitro benzene ring substituents is 1. The second-order valence-corrected chi connectivity index (χ2v) is 4.75. The summed E-state index contributed by atoms with van der Waals surface area (Å²) in [6, 6.07) is 15.7. The Kier molecular flexibility index (Phi) is 3.92. The van der Waals surface area contributed by atoms with Crippen molar-refractivity contribution >= 4 is 11.5 Å². The molecular formula is C16H13N5O2. The van der Waals surface area contributed by atoms with Crippen LogP contribution in [-0.4, -0.2) is 27.2 Å². The normalized spacial score (nSPS) is 10.3. The molecule has 1 N–H and O–H groups in total. The van der Waals surface area contributed by atoms with Crippen molar-refractivity contribution in [3.05, 3.63) is 64.7 Å². The van der Waals surface area contributed by atoms with Crippen molar-refractivity contribution in [2.24, 2.45) is 0 Å². The Morgan fingerprint density at radius 3 is 2.26 bits per heavy atom. The van der Waals surface area contributed by atoms with Gasteiger partial charge in [0.15, 0.2) is 11.6 Å². The molecule has 0 amide bonds. The van der Waals surface area contributed by atoms with Gasteiger partial charge in [0.2, 0.25) is 0 Å². The first-order chi connectivity index (χ1) is 11.2. The molecule has 0 saturated heterocycles. The van der Waals surface area contributed by atoms with Crippen molar-refractivity contribution in [1.82, 2.24) is 15.2 Å². The molecule has 0 radical (unpaired) electrons. The number of benzene rings is 2. The SMILES string of the molecule is CNc1nc(-c2ccc([N+](=O)[O-])cc2)nnc1-c1ccccc1. The second kappa shape index (κ2) is 6.18. The van der Waals surface area contributed by atoms with E-state index in [4.69, 9.17) is 0 Å². The topological polar surface area (TPSA) is 93.8 Å². The van der Waals surface area contributed by atoms with Gasteiger partial charge in [-0.2, -0.15) is 0 Å². The van der Waals surface area contributed by atoms with Gasteiger partial charge < -0.3 is 5.32 Å². The summed E-state index contributed by atoms with van der Waals surface area (Å²) >= 11 is 0. The van der Waals surface area contributed by atoms with Gasteiger partial charge >= 0.3 is 0 Å². The Bertz CT molecular complexity index is 835. The molecule has 0 saturated carbocycles. The van der Waals surface area contributed by atoms with Crippen LogP contribution in [-0.2, 0) is 0 Å². The smallest absolute Gasteiger partial charge is 0.269 e. The van der Waals surface area contributed by atoms with Gasteiger partial charge in [0.05, 0.1) is 4.92 Å². The third-order valence-electron chi connectivity index (χ3n) is 3.31. The minimum atomic E-state index is -0.444. The Hall–Kier alpha value is -3.35. The first-order valence-corrected chi connectivity index (χ1v) is 6.92. The number of nitrogens with zero attached hydrogens (tertiary/aromatic N) is 4. The quantitative estimate of drug-likeness (QED) is 0.587. The molecule has 1 heterocycles. The van der Waals surface area contributed by atoms with Crippen molar-refractivity contribution < 1.29 is 4.92 Å². The lowest BCUT2D eigenvalue weighted by atomic mass is 10.1. The highest BCUT2D eigenvalue weighted by Gasteiger charge is 2.12. The monoisotopic (exact) mass is 307 g/mol. The molecule has 7 heteroatoms. The van der Waals surface area contributed by atoms with Crippen LogP contribution in [0.25, 0.3) is 22.6 Å². The maximum absolute atomic E-state index is 10.7. The number of hydrogen-bond donors (Lipinski definition) is 1. The molecule has 0 aliphatic rings. The number of hydrogen-bond acceptors (Lipinski definition) is 6. The zero-order valence-electron chi connectivity index (χ0n) is 12.3. The van der Waals surface area contributed by atoms with Gasteiger partial charge in [-0.25, -0.2) is 4.98 Å². The van der Waals surface area contributed by atoms with Crippen LogP contribution in [0.1, 0.15) is 0 Å². The molecule has 23 heavy (non-hydrogen) atoms. The lowest BCUT2D eigenvalue weighted by Gasteiger charge is -2.08. The van der Waals surface area contributed by atoms with Crippen LogP contribution in [0.4, 0.5) is 11.5 Å². The number of rotatable bonds is 4. The summed E-state index contributed by atoms with van der Waals surface area (Å²) in [6.45, 7) is 0. The van der Waals surface area contributed by atoms with Crippen molar-refractivity contribution in [2.45, 2.75) is 0 Å². The van der Waals surface area contributed by atoms with Gasteiger partial charge in [-0.05, 0) is 12.1 Å². The molecule has 114 valence electrons. The van der Waals surface area contributed by atoms with E-state index in [-0.39, 0.29) is 5.69 Å². The number of non-ortho nitro benzene ring substituents is 1. The molecule has 0 aliphatic heterocycles. The van der Waals surface area contributed by atoms with E-state index in [2.05, 4.69) is 20.5 Å². The van der Waals surface area contributed by atoms with Gasteiger partial charge in [-0.15, -0.1) is 10.2 Å². The molecule has 0 bridgehead atoms. The van der Waals surface area contributed by atoms with Crippen LogP contribution in [0, 0.1) is 10.1 Å². The zero-order valence-corrected chi connectivity index (χ0v) is 12.3. The highest BCUT2D eigenvalue weighted by molar-refractivity contribution is 5.72. The molecule has 2 aromatic carbocycles. The van der Waals surface area contributed by atoms with E-state index in [1.54, 1.807) is 19.2 Å². The number of aromatic nitrogens is 3. The zero-order chi connectivity index (χ0) is 16.2. The van der Waals surface area contributed by atoms with Crippen LogP contribution in [0.3, 0.4) is 0 Å². The minimum absolute atomic E-state index is 0.0245. The fourth-order valence-corrected chi connectivity index (χ4v) is 2.15. The molecule has 3 rings (SSSR count). The molecular weight excluding hydrogens is 294 g/mol. The predicted molar refractivity (Wildman–Crippen MR) is 86.9 cm³/mol. The average molecular weight is 307 g/mol. The van der Waals surface area contributed by atoms with Crippen molar-refractivity contribution in [1.29, 1.82) is 0 Å². The van der Waals surface area contributed by atoms with Crippen molar-refractivity contribution in [3.8, 4) is 22.6 Å². The highest BCUT2D eigenvalue weighted by Crippen LogP contribution is 2.26. The summed E-state index contributed by atoms with van der Waals surface area (Å²) in [5.74, 6) is 1.00. The summed E-state index contributed by atoms with van der Waals surface area (Å²) in [4.78, 5) is 14.7. The second-order valence-electron chi connectivity index (χ2n) is 4.75. The molecule has 3 aromatic rings. The first-order valence-electron chi connectivity index (χ1n) is 6.92. The van der Waals surface area contributed by atoms with Gasteiger partial charge in [0.1, 0.15) is 5.69 Å². The maximum atomic E-state index is 10.7. The van der Waals surface area contributed by atoms with Gasteiger partial charge in [0.25, 0.3) is 5.69 Å². The largest absolute Gasteiger partial charge is 0.371 e. The van der Waals surface area contributed by atoms with Gasteiger partial charge in [0, 0.05) is 30.3 Å². The summed E-state index contributed by atoms with van der Waals surface area (Å²) < 4.78 is 0. The molecule has 0 spiro atoms. The summed E-state index contributed by atoms with van der Waals surface area (Å²) in [6.07, 6.45) is 0.